The molecule has 4 saturated heterocycles. The van der Waals surface area contributed by atoms with Gasteiger partial charge in [0.1, 0.15) is 12.1 Å². The predicted molar refractivity (Wildman–Crippen MR) is 221 cm³/mol. The van der Waals surface area contributed by atoms with Gasteiger partial charge in [0.2, 0.25) is 23.6 Å². The molecule has 0 radical (unpaired) electrons. The Balaban J connectivity index is 0.842. The Morgan fingerprint density at radius 1 is 0.825 bits per heavy atom. The number of benzene rings is 3. The van der Waals surface area contributed by atoms with Crippen molar-refractivity contribution >= 4 is 70.6 Å². The van der Waals surface area contributed by atoms with Crippen molar-refractivity contribution in [3.05, 3.63) is 99.9 Å². The zero-order valence-electron chi connectivity index (χ0n) is 31.6. The van der Waals surface area contributed by atoms with Gasteiger partial charge >= 0.3 is 6.03 Å². The third kappa shape index (κ3) is 9.97. The Bertz CT molecular complexity index is 2050. The average molecular weight is 790 g/mol. The molecule has 15 heteroatoms. The van der Waals surface area contributed by atoms with Crippen LogP contribution in [0.25, 0.3) is 22.6 Å². The Morgan fingerprint density at radius 3 is 2.05 bits per heavy atom. The third-order valence-corrected chi connectivity index (χ3v) is 12.6. The van der Waals surface area contributed by atoms with Gasteiger partial charge in [0, 0.05) is 52.5 Å². The van der Waals surface area contributed by atoms with Crippen LogP contribution in [0.5, 0.6) is 0 Å². The molecule has 296 valence electrons. The molecule has 14 nitrogen and oxygen atoms in total. The molecule has 3 aromatic rings. The Kier molecular flexibility index (Phi) is 12.8. The van der Waals surface area contributed by atoms with Gasteiger partial charge in [0.25, 0.3) is 0 Å². The SMILES string of the molecule is [N-]=[N+]=Nc1cccc(CC(=O)N2CCC[C@H]2C(=O)Nc2ccc(/C=C/c3ccc(NC(=O)[C@@H]4CCCN4C(=O)CCCC[C@@H]4SC[C@@H]5NC(=O)N[C@@H]54)cc3)cc2)c1. The second kappa shape index (κ2) is 18.4. The molecule has 6 amide bonds. The monoisotopic (exact) mass is 789 g/mol. The Hall–Kier alpha value is -5.79. The summed E-state index contributed by atoms with van der Waals surface area (Å²) in [6.45, 7) is 1.10. The summed E-state index contributed by atoms with van der Waals surface area (Å²) in [6, 6.07) is 21.1. The molecule has 3 aromatic carbocycles. The van der Waals surface area contributed by atoms with Gasteiger partial charge in [0.05, 0.1) is 18.5 Å². The zero-order chi connectivity index (χ0) is 39.7. The average Bonchev–Trinajstić information content (AvgIpc) is 4.03. The number of azide groups is 1. The summed E-state index contributed by atoms with van der Waals surface area (Å²) in [4.78, 5) is 70.5. The largest absolute Gasteiger partial charge is 0.332 e. The number of fused-ring (bicyclic) bond motifs is 1. The van der Waals surface area contributed by atoms with Crippen molar-refractivity contribution < 1.29 is 24.0 Å². The number of nitrogens with zero attached hydrogens (tertiary/aromatic N) is 5. The molecule has 0 aliphatic carbocycles. The molecule has 0 unspecified atom stereocenters. The number of rotatable bonds is 14. The minimum absolute atomic E-state index is 0.0209. The second-order valence-corrected chi connectivity index (χ2v) is 16.2. The van der Waals surface area contributed by atoms with Crippen molar-refractivity contribution in [2.24, 2.45) is 5.11 Å². The number of anilines is 2. The van der Waals surface area contributed by atoms with Crippen LogP contribution in [0, 0.1) is 0 Å². The fraction of sp³-hybridized carbons (Fsp3) is 0.405. The van der Waals surface area contributed by atoms with Crippen LogP contribution in [-0.2, 0) is 25.6 Å². The maximum absolute atomic E-state index is 13.3. The van der Waals surface area contributed by atoms with Gasteiger partial charge in [-0.05, 0) is 91.1 Å². The van der Waals surface area contributed by atoms with E-state index in [1.54, 1.807) is 34.1 Å². The van der Waals surface area contributed by atoms with Crippen molar-refractivity contribution in [1.29, 1.82) is 0 Å². The molecule has 5 atom stereocenters. The van der Waals surface area contributed by atoms with Crippen LogP contribution >= 0.6 is 11.8 Å². The van der Waals surface area contributed by atoms with Gasteiger partial charge in [0.15, 0.2) is 0 Å². The molecule has 0 spiro atoms. The van der Waals surface area contributed by atoms with E-state index < -0.39 is 12.1 Å². The van der Waals surface area contributed by atoms with E-state index in [0.717, 1.165) is 54.5 Å². The maximum Gasteiger partial charge on any atom is 0.315 e. The van der Waals surface area contributed by atoms with Gasteiger partial charge < -0.3 is 31.1 Å². The molecule has 4 aliphatic rings. The number of thioether (sulfide) groups is 1. The number of carbonyl (C=O) groups is 5. The molecule has 4 N–H and O–H groups in total. The van der Waals surface area contributed by atoms with Crippen molar-refractivity contribution in [1.82, 2.24) is 20.4 Å². The lowest BCUT2D eigenvalue weighted by molar-refractivity contribution is -0.136. The predicted octanol–water partition coefficient (Wildman–Crippen LogP) is 6.63. The standard InChI is InChI=1S/C42H47N9O5S/c43-49-48-32-7-3-6-29(24-32)25-38(53)51-23-5-9-35(51)41(55)45-31-20-16-28(17-21-31)13-12-27-14-18-30(19-15-27)44-40(54)34-8-4-22-50(34)37(52)11-2-1-10-36-39-33(26-57-36)46-42(56)47-39/h3,6-7,12-21,24,33-36,39H,1-2,4-5,8-11,22-23,25-26H2,(H,44,54)(H,45,55)(H2,46,47,56)/b13-12+/t33-,34-,35-,36-,39-/m0/s1. The fourth-order valence-corrected chi connectivity index (χ4v) is 9.68. The summed E-state index contributed by atoms with van der Waals surface area (Å²) >= 11 is 1.88. The first-order chi connectivity index (χ1) is 27.7. The molecular weight excluding hydrogens is 743 g/mol. The van der Waals surface area contributed by atoms with Crippen molar-refractivity contribution in [2.75, 3.05) is 29.5 Å². The fourth-order valence-electron chi connectivity index (χ4n) is 8.14. The summed E-state index contributed by atoms with van der Waals surface area (Å²) < 4.78 is 0. The quantitative estimate of drug-likeness (QED) is 0.0354. The molecule has 4 fully saturated rings. The molecule has 4 heterocycles. The van der Waals surface area contributed by atoms with E-state index in [1.807, 2.05) is 72.4 Å². The number of likely N-dealkylation sites (tertiary alicyclic amines) is 2. The highest BCUT2D eigenvalue weighted by Crippen LogP contribution is 2.33. The first kappa shape index (κ1) is 39.4. The van der Waals surface area contributed by atoms with Crippen LogP contribution in [0.3, 0.4) is 0 Å². The number of hydrogen-bond donors (Lipinski definition) is 4. The van der Waals surface area contributed by atoms with Gasteiger partial charge in [-0.3, -0.25) is 19.2 Å². The van der Waals surface area contributed by atoms with E-state index in [1.165, 1.54) is 0 Å². The van der Waals surface area contributed by atoms with Crippen LogP contribution < -0.4 is 21.3 Å². The first-order valence-electron chi connectivity index (χ1n) is 19.7. The molecule has 57 heavy (non-hydrogen) atoms. The molecule has 0 bridgehead atoms. The second-order valence-electron chi connectivity index (χ2n) is 14.9. The lowest BCUT2D eigenvalue weighted by atomic mass is 10.0. The zero-order valence-corrected chi connectivity index (χ0v) is 32.5. The lowest BCUT2D eigenvalue weighted by Crippen LogP contribution is -2.43. The van der Waals surface area contributed by atoms with Crippen molar-refractivity contribution in [3.8, 4) is 0 Å². The van der Waals surface area contributed by atoms with Gasteiger partial charge in [-0.25, -0.2) is 4.79 Å². The molecular formula is C42H47N9O5S. The molecule has 0 aromatic heterocycles. The van der Waals surface area contributed by atoms with Crippen LogP contribution in [0.4, 0.5) is 21.9 Å². The molecule has 0 saturated carbocycles. The summed E-state index contributed by atoms with van der Waals surface area (Å²) in [5.41, 5.74) is 13.0. The summed E-state index contributed by atoms with van der Waals surface area (Å²) in [7, 11) is 0. The van der Waals surface area contributed by atoms with Crippen molar-refractivity contribution in [3.63, 3.8) is 0 Å². The van der Waals surface area contributed by atoms with E-state index in [-0.39, 0.29) is 48.2 Å². The minimum Gasteiger partial charge on any atom is -0.332 e. The highest BCUT2D eigenvalue weighted by molar-refractivity contribution is 8.00. The van der Waals surface area contributed by atoms with Crippen LogP contribution in [0.2, 0.25) is 0 Å². The minimum atomic E-state index is -0.558. The maximum atomic E-state index is 13.3. The normalized spacial score (nSPS) is 22.5. The molecule has 7 rings (SSSR count). The lowest BCUT2D eigenvalue weighted by Gasteiger charge is -2.24. The number of amides is 6. The van der Waals surface area contributed by atoms with Gasteiger partial charge in [-0.2, -0.15) is 11.8 Å². The van der Waals surface area contributed by atoms with E-state index in [2.05, 4.69) is 31.3 Å². The highest BCUT2D eigenvalue weighted by atomic mass is 32.2. The molecule has 4 aliphatic heterocycles. The van der Waals surface area contributed by atoms with Crippen LogP contribution in [0.15, 0.2) is 77.9 Å². The van der Waals surface area contributed by atoms with E-state index in [4.69, 9.17) is 5.53 Å². The summed E-state index contributed by atoms with van der Waals surface area (Å²) in [5.74, 6) is 0.396. The van der Waals surface area contributed by atoms with E-state index in [0.29, 0.717) is 54.7 Å². The Morgan fingerprint density at radius 2 is 1.44 bits per heavy atom. The van der Waals surface area contributed by atoms with Gasteiger partial charge in [-0.1, -0.05) is 66.2 Å². The highest BCUT2D eigenvalue weighted by Gasteiger charge is 2.42. The Labute approximate surface area is 335 Å². The van der Waals surface area contributed by atoms with E-state index >= 15 is 0 Å². The number of carbonyl (C=O) groups excluding carboxylic acids is 5. The van der Waals surface area contributed by atoms with Crippen molar-refractivity contribution in [2.45, 2.75) is 87.2 Å². The number of urea groups is 1. The summed E-state index contributed by atoms with van der Waals surface area (Å²) in [6.07, 6.45) is 9.85. The van der Waals surface area contributed by atoms with Gasteiger partial charge in [-0.15, -0.1) is 0 Å². The topological polar surface area (TPSA) is 189 Å². The van der Waals surface area contributed by atoms with Crippen LogP contribution in [-0.4, -0.2) is 87.7 Å². The third-order valence-electron chi connectivity index (χ3n) is 11.1. The number of unbranched alkanes of at least 4 members (excludes halogenated alkanes) is 1. The summed E-state index contributed by atoms with van der Waals surface area (Å²) in [5, 5.41) is 15.9. The first-order valence-corrected chi connectivity index (χ1v) is 20.7. The van der Waals surface area contributed by atoms with E-state index in [9.17, 15) is 24.0 Å². The number of hydrogen-bond acceptors (Lipinski definition) is 7. The number of nitrogens with one attached hydrogen (secondary N) is 4. The smallest absolute Gasteiger partial charge is 0.315 e. The van der Waals surface area contributed by atoms with Crippen LogP contribution in [0.1, 0.15) is 68.1 Å².